The number of carbonyl (C=O) groups excluding carboxylic acids is 2. The van der Waals surface area contributed by atoms with Crippen LogP contribution in [-0.2, 0) is 20.9 Å². The third-order valence-electron chi connectivity index (χ3n) is 4.93. The minimum atomic E-state index is -0.808. The number of rotatable bonds is 8. The van der Waals surface area contributed by atoms with Crippen molar-refractivity contribution in [1.82, 2.24) is 4.90 Å². The normalized spacial score (nSPS) is 11.6. The van der Waals surface area contributed by atoms with Crippen LogP contribution in [-0.4, -0.2) is 43.6 Å². The molecular formula is C25H27NO5. The SMILES string of the molecule is COc1ccc2cc(CN(C)C(=O)COC(=O)[C@H](C)Oc3cccc(C)c3)ccc2c1. The van der Waals surface area contributed by atoms with Gasteiger partial charge in [-0.15, -0.1) is 0 Å². The molecule has 0 aliphatic rings. The highest BCUT2D eigenvalue weighted by atomic mass is 16.6. The first-order valence-electron chi connectivity index (χ1n) is 10.1. The number of esters is 1. The van der Waals surface area contributed by atoms with Crippen molar-refractivity contribution in [2.24, 2.45) is 0 Å². The zero-order chi connectivity index (χ0) is 22.4. The van der Waals surface area contributed by atoms with E-state index in [1.165, 1.54) is 4.90 Å². The van der Waals surface area contributed by atoms with E-state index >= 15 is 0 Å². The van der Waals surface area contributed by atoms with Gasteiger partial charge in [0.1, 0.15) is 11.5 Å². The van der Waals surface area contributed by atoms with Crippen LogP contribution in [0.3, 0.4) is 0 Å². The number of benzene rings is 3. The molecular weight excluding hydrogens is 394 g/mol. The van der Waals surface area contributed by atoms with Crippen molar-refractivity contribution in [3.63, 3.8) is 0 Å². The second-order valence-corrected chi connectivity index (χ2v) is 7.48. The lowest BCUT2D eigenvalue weighted by Crippen LogP contribution is -2.34. The van der Waals surface area contributed by atoms with Crippen molar-refractivity contribution in [1.29, 1.82) is 0 Å². The third-order valence-corrected chi connectivity index (χ3v) is 4.93. The van der Waals surface area contributed by atoms with Crippen molar-refractivity contribution in [3.05, 3.63) is 71.8 Å². The molecule has 0 radical (unpaired) electrons. The fraction of sp³-hybridized carbons (Fsp3) is 0.280. The largest absolute Gasteiger partial charge is 0.497 e. The van der Waals surface area contributed by atoms with Gasteiger partial charge in [-0.05, 0) is 66.1 Å². The Labute approximate surface area is 182 Å². The van der Waals surface area contributed by atoms with Crippen LogP contribution in [0.4, 0.5) is 0 Å². The highest BCUT2D eigenvalue weighted by Crippen LogP contribution is 2.22. The van der Waals surface area contributed by atoms with Crippen molar-refractivity contribution in [2.75, 3.05) is 20.8 Å². The summed E-state index contributed by atoms with van der Waals surface area (Å²) in [5.41, 5.74) is 2.01. The number of amides is 1. The Morgan fingerprint density at radius 1 is 0.968 bits per heavy atom. The first kappa shape index (κ1) is 22.2. The molecule has 3 rings (SSSR count). The maximum absolute atomic E-state index is 12.4. The molecule has 6 heteroatoms. The Hall–Kier alpha value is -3.54. The lowest BCUT2D eigenvalue weighted by Gasteiger charge is -2.19. The van der Waals surface area contributed by atoms with Gasteiger partial charge in [0.25, 0.3) is 5.91 Å². The number of fused-ring (bicyclic) bond motifs is 1. The number of ether oxygens (including phenoxy) is 3. The van der Waals surface area contributed by atoms with Gasteiger partial charge in [0.2, 0.25) is 0 Å². The van der Waals surface area contributed by atoms with Gasteiger partial charge in [0.05, 0.1) is 7.11 Å². The van der Waals surface area contributed by atoms with E-state index in [4.69, 9.17) is 14.2 Å². The average molecular weight is 421 g/mol. The molecule has 1 amide bonds. The van der Waals surface area contributed by atoms with Crippen molar-refractivity contribution >= 4 is 22.6 Å². The summed E-state index contributed by atoms with van der Waals surface area (Å²) in [4.78, 5) is 26.1. The third kappa shape index (κ3) is 5.98. The molecule has 0 spiro atoms. The minimum Gasteiger partial charge on any atom is -0.497 e. The van der Waals surface area contributed by atoms with E-state index in [2.05, 4.69) is 0 Å². The monoisotopic (exact) mass is 421 g/mol. The van der Waals surface area contributed by atoms with E-state index in [1.807, 2.05) is 61.5 Å². The van der Waals surface area contributed by atoms with Crippen LogP contribution in [0, 0.1) is 6.92 Å². The molecule has 0 saturated carbocycles. The zero-order valence-electron chi connectivity index (χ0n) is 18.3. The van der Waals surface area contributed by atoms with Crippen LogP contribution in [0.5, 0.6) is 11.5 Å². The Morgan fingerprint density at radius 3 is 2.45 bits per heavy atom. The number of nitrogens with zero attached hydrogens (tertiary/aromatic N) is 1. The molecule has 3 aromatic rings. The van der Waals surface area contributed by atoms with Gasteiger partial charge in [0.15, 0.2) is 12.7 Å². The fourth-order valence-electron chi connectivity index (χ4n) is 3.16. The summed E-state index contributed by atoms with van der Waals surface area (Å²) in [6.45, 7) is 3.62. The molecule has 1 atom stereocenters. The summed E-state index contributed by atoms with van der Waals surface area (Å²) in [6, 6.07) is 19.2. The van der Waals surface area contributed by atoms with E-state index in [9.17, 15) is 9.59 Å². The number of likely N-dealkylation sites (N-methyl/N-ethyl adjacent to an activating group) is 1. The number of aryl methyl sites for hydroxylation is 1. The molecule has 0 aromatic heterocycles. The van der Waals surface area contributed by atoms with Crippen molar-refractivity contribution in [3.8, 4) is 11.5 Å². The van der Waals surface area contributed by atoms with E-state index in [0.717, 1.165) is 27.6 Å². The second kappa shape index (κ2) is 9.98. The molecule has 162 valence electrons. The molecule has 3 aromatic carbocycles. The van der Waals surface area contributed by atoms with Gasteiger partial charge < -0.3 is 19.1 Å². The van der Waals surface area contributed by atoms with Crippen molar-refractivity contribution in [2.45, 2.75) is 26.5 Å². The molecule has 0 heterocycles. The first-order valence-corrected chi connectivity index (χ1v) is 10.1. The molecule has 0 aliphatic carbocycles. The Kier molecular flexibility index (Phi) is 7.13. The molecule has 0 N–H and O–H groups in total. The molecule has 0 aliphatic heterocycles. The lowest BCUT2D eigenvalue weighted by atomic mass is 10.1. The fourth-order valence-corrected chi connectivity index (χ4v) is 3.16. The Bertz CT molecular complexity index is 1080. The highest BCUT2D eigenvalue weighted by Gasteiger charge is 2.19. The molecule has 6 nitrogen and oxygen atoms in total. The van der Waals surface area contributed by atoms with Crippen LogP contribution in [0.1, 0.15) is 18.1 Å². The summed E-state index contributed by atoms with van der Waals surface area (Å²) in [5, 5.41) is 2.13. The predicted molar refractivity (Wildman–Crippen MR) is 119 cm³/mol. The number of hydrogen-bond acceptors (Lipinski definition) is 5. The number of methoxy groups -OCH3 is 1. The van der Waals surface area contributed by atoms with Gasteiger partial charge in [0, 0.05) is 13.6 Å². The molecule has 31 heavy (non-hydrogen) atoms. The summed E-state index contributed by atoms with van der Waals surface area (Å²) >= 11 is 0. The number of carbonyl (C=O) groups is 2. The van der Waals surface area contributed by atoms with E-state index in [-0.39, 0.29) is 12.5 Å². The number of hydrogen-bond donors (Lipinski definition) is 0. The smallest absolute Gasteiger partial charge is 0.347 e. The predicted octanol–water partition coefficient (Wildman–Crippen LogP) is 4.13. The van der Waals surface area contributed by atoms with Gasteiger partial charge in [-0.25, -0.2) is 4.79 Å². The summed E-state index contributed by atoms with van der Waals surface area (Å²) < 4.78 is 16.0. The Balaban J connectivity index is 1.51. The van der Waals surface area contributed by atoms with E-state index in [1.54, 1.807) is 27.1 Å². The van der Waals surface area contributed by atoms with Crippen LogP contribution in [0.2, 0.25) is 0 Å². The van der Waals surface area contributed by atoms with Crippen LogP contribution in [0.15, 0.2) is 60.7 Å². The minimum absolute atomic E-state index is 0.286. The first-order chi connectivity index (χ1) is 14.9. The van der Waals surface area contributed by atoms with Crippen LogP contribution < -0.4 is 9.47 Å². The van der Waals surface area contributed by atoms with Crippen molar-refractivity contribution < 1.29 is 23.8 Å². The molecule has 0 fully saturated rings. The van der Waals surface area contributed by atoms with Gasteiger partial charge in [-0.1, -0.05) is 30.3 Å². The van der Waals surface area contributed by atoms with Gasteiger partial charge in [-0.3, -0.25) is 4.79 Å². The highest BCUT2D eigenvalue weighted by molar-refractivity contribution is 5.85. The maximum atomic E-state index is 12.4. The Morgan fingerprint density at radius 2 is 1.71 bits per heavy atom. The average Bonchev–Trinajstić information content (AvgIpc) is 2.76. The van der Waals surface area contributed by atoms with Crippen LogP contribution in [0.25, 0.3) is 10.8 Å². The zero-order valence-corrected chi connectivity index (χ0v) is 18.3. The van der Waals surface area contributed by atoms with E-state index in [0.29, 0.717) is 12.3 Å². The molecule has 0 bridgehead atoms. The second-order valence-electron chi connectivity index (χ2n) is 7.48. The topological polar surface area (TPSA) is 65.1 Å². The summed E-state index contributed by atoms with van der Waals surface area (Å²) in [7, 11) is 3.32. The quantitative estimate of drug-likeness (QED) is 0.512. The summed E-state index contributed by atoms with van der Waals surface area (Å²) in [5.74, 6) is 0.519. The molecule has 0 saturated heterocycles. The summed E-state index contributed by atoms with van der Waals surface area (Å²) in [6.07, 6.45) is -0.808. The lowest BCUT2D eigenvalue weighted by molar-refractivity contribution is -0.157. The van der Waals surface area contributed by atoms with Gasteiger partial charge >= 0.3 is 5.97 Å². The van der Waals surface area contributed by atoms with Crippen LogP contribution >= 0.6 is 0 Å². The maximum Gasteiger partial charge on any atom is 0.347 e. The van der Waals surface area contributed by atoms with E-state index < -0.39 is 12.1 Å². The van der Waals surface area contributed by atoms with Gasteiger partial charge in [-0.2, -0.15) is 0 Å². The standard InChI is InChI=1S/C25H27NO5/c1-17-6-5-7-23(12-17)31-18(2)25(28)30-16-24(27)26(3)15-19-8-9-21-14-22(29-4)11-10-20(21)13-19/h5-14,18H,15-16H2,1-4H3/t18-/m0/s1. The molecule has 0 unspecified atom stereocenters.